The molecule has 6 heteroatoms. The second kappa shape index (κ2) is 3.72. The molecular formula is C10H17BN2O2S. The van der Waals surface area contributed by atoms with E-state index in [9.17, 15) is 0 Å². The van der Waals surface area contributed by atoms with Gasteiger partial charge in [0.25, 0.3) is 0 Å². The molecule has 0 saturated carbocycles. The maximum atomic E-state index is 5.90. The number of anilines is 1. The van der Waals surface area contributed by atoms with Crippen LogP contribution in [0.25, 0.3) is 0 Å². The fourth-order valence-electron chi connectivity index (χ4n) is 1.47. The van der Waals surface area contributed by atoms with Crippen molar-refractivity contribution in [2.45, 2.75) is 38.9 Å². The zero-order valence-electron chi connectivity index (χ0n) is 10.3. The smallest absolute Gasteiger partial charge is 0.398 e. The van der Waals surface area contributed by atoms with E-state index in [-0.39, 0.29) is 18.3 Å². The fraction of sp³-hybridized carbons (Fsp3) is 0.700. The topological polar surface area (TPSA) is 43.4 Å². The van der Waals surface area contributed by atoms with Gasteiger partial charge in [0.1, 0.15) is 0 Å². The molecule has 0 spiro atoms. The zero-order valence-corrected chi connectivity index (χ0v) is 11.1. The predicted molar refractivity (Wildman–Crippen MR) is 67.4 cm³/mol. The summed E-state index contributed by atoms with van der Waals surface area (Å²) in [7, 11) is 1.50. The number of thiazole rings is 1. The number of hydrogen-bond donors (Lipinski definition) is 1. The Bertz CT molecular complexity index is 376. The van der Waals surface area contributed by atoms with Gasteiger partial charge >= 0.3 is 7.12 Å². The molecule has 1 aliphatic heterocycles. The molecule has 2 rings (SSSR count). The first-order valence-electron chi connectivity index (χ1n) is 5.34. The molecule has 0 aliphatic carbocycles. The lowest BCUT2D eigenvalue weighted by atomic mass is 9.86. The van der Waals surface area contributed by atoms with E-state index in [2.05, 4.69) is 10.3 Å². The fourth-order valence-corrected chi connectivity index (χ4v) is 2.15. The summed E-state index contributed by atoms with van der Waals surface area (Å²) in [5.41, 5.74) is 0.232. The van der Waals surface area contributed by atoms with Crippen molar-refractivity contribution in [2.75, 3.05) is 12.4 Å². The average molecular weight is 240 g/mol. The minimum atomic E-state index is -0.358. The molecule has 1 aliphatic rings. The van der Waals surface area contributed by atoms with E-state index in [1.165, 1.54) is 0 Å². The Morgan fingerprint density at radius 1 is 1.25 bits per heavy atom. The second-order valence-corrected chi connectivity index (χ2v) is 5.77. The quantitative estimate of drug-likeness (QED) is 0.795. The van der Waals surface area contributed by atoms with Gasteiger partial charge in [-0.1, -0.05) is 0 Å². The maximum Gasteiger partial charge on any atom is 0.515 e. The van der Waals surface area contributed by atoms with Crippen molar-refractivity contribution in [3.63, 3.8) is 0 Å². The van der Waals surface area contributed by atoms with E-state index in [1.54, 1.807) is 11.3 Å². The molecule has 4 nitrogen and oxygen atoms in total. The highest BCUT2D eigenvalue weighted by molar-refractivity contribution is 7.14. The Morgan fingerprint density at radius 2 is 1.81 bits per heavy atom. The Kier molecular flexibility index (Phi) is 2.76. The van der Waals surface area contributed by atoms with Gasteiger partial charge in [0.2, 0.25) is 0 Å². The van der Waals surface area contributed by atoms with Gasteiger partial charge in [0.15, 0.2) is 5.13 Å². The highest BCUT2D eigenvalue weighted by atomic mass is 32.1. The molecule has 1 saturated heterocycles. The average Bonchev–Trinajstić information content (AvgIpc) is 2.70. The summed E-state index contributed by atoms with van der Waals surface area (Å²) < 4.78 is 11.8. The van der Waals surface area contributed by atoms with Gasteiger partial charge in [-0.25, -0.2) is 4.98 Å². The summed E-state index contributed by atoms with van der Waals surface area (Å²) in [6.45, 7) is 8.16. The monoisotopic (exact) mass is 240 g/mol. The van der Waals surface area contributed by atoms with E-state index in [0.29, 0.717) is 0 Å². The van der Waals surface area contributed by atoms with E-state index in [4.69, 9.17) is 9.31 Å². The second-order valence-electron chi connectivity index (χ2n) is 4.92. The summed E-state index contributed by atoms with van der Waals surface area (Å²) >= 11 is 1.55. The first kappa shape index (κ1) is 11.9. The van der Waals surface area contributed by atoms with Crippen LogP contribution in [0.15, 0.2) is 5.38 Å². The predicted octanol–water partition coefficient (Wildman–Crippen LogP) is 1.48. The standard InChI is InChI=1S/C10H17BN2O2S/c1-9(2)10(3,4)15-11(14-9)7-6-16-8(12-5)13-7/h6H,1-5H3,(H,12,13). The van der Waals surface area contributed by atoms with Crippen LogP contribution in [-0.4, -0.2) is 30.4 Å². The van der Waals surface area contributed by atoms with E-state index in [1.807, 2.05) is 40.1 Å². The van der Waals surface area contributed by atoms with Gasteiger partial charge in [0, 0.05) is 12.4 Å². The Labute approximate surface area is 101 Å². The number of hydrogen-bond acceptors (Lipinski definition) is 5. The third-order valence-corrected chi connectivity index (χ3v) is 4.11. The van der Waals surface area contributed by atoms with Crippen molar-refractivity contribution < 1.29 is 9.31 Å². The molecule has 16 heavy (non-hydrogen) atoms. The van der Waals surface area contributed by atoms with Gasteiger partial charge in [-0.3, -0.25) is 0 Å². The maximum absolute atomic E-state index is 5.90. The Hall–Kier alpha value is -0.585. The molecule has 1 fully saturated rings. The Balaban J connectivity index is 2.20. The van der Waals surface area contributed by atoms with Crippen LogP contribution in [0, 0.1) is 0 Å². The van der Waals surface area contributed by atoms with E-state index < -0.39 is 0 Å². The van der Waals surface area contributed by atoms with Crippen molar-refractivity contribution in [3.8, 4) is 0 Å². The molecule has 1 N–H and O–H groups in total. The lowest BCUT2D eigenvalue weighted by Gasteiger charge is -2.32. The van der Waals surface area contributed by atoms with E-state index in [0.717, 1.165) is 10.7 Å². The van der Waals surface area contributed by atoms with Gasteiger partial charge in [-0.2, -0.15) is 0 Å². The summed E-state index contributed by atoms with van der Waals surface area (Å²) in [5.74, 6) is 0. The van der Waals surface area contributed by atoms with Crippen molar-refractivity contribution in [3.05, 3.63) is 5.38 Å². The number of rotatable bonds is 2. The first-order chi connectivity index (χ1) is 7.36. The summed E-state index contributed by atoms with van der Waals surface area (Å²) in [6, 6.07) is 0. The van der Waals surface area contributed by atoms with Crippen LogP contribution in [0.2, 0.25) is 0 Å². The molecular weight excluding hydrogens is 223 g/mol. The molecule has 1 aromatic heterocycles. The largest absolute Gasteiger partial charge is 0.515 e. The van der Waals surface area contributed by atoms with Gasteiger partial charge in [-0.05, 0) is 27.7 Å². The lowest BCUT2D eigenvalue weighted by Crippen LogP contribution is -2.41. The number of aromatic nitrogens is 1. The van der Waals surface area contributed by atoms with Crippen molar-refractivity contribution in [1.29, 1.82) is 0 Å². The minimum Gasteiger partial charge on any atom is -0.398 e. The van der Waals surface area contributed by atoms with Crippen LogP contribution >= 0.6 is 11.3 Å². The van der Waals surface area contributed by atoms with Crippen LogP contribution in [0.3, 0.4) is 0 Å². The lowest BCUT2D eigenvalue weighted by molar-refractivity contribution is 0.00578. The highest BCUT2D eigenvalue weighted by Crippen LogP contribution is 2.36. The molecule has 0 aromatic carbocycles. The molecule has 0 amide bonds. The molecule has 0 bridgehead atoms. The normalized spacial score (nSPS) is 22.4. The molecule has 1 aromatic rings. The third kappa shape index (κ3) is 1.85. The van der Waals surface area contributed by atoms with Crippen LogP contribution in [-0.2, 0) is 9.31 Å². The molecule has 2 heterocycles. The van der Waals surface area contributed by atoms with Crippen molar-refractivity contribution in [2.24, 2.45) is 0 Å². The summed E-state index contributed by atoms with van der Waals surface area (Å²) in [4.78, 5) is 4.40. The summed E-state index contributed by atoms with van der Waals surface area (Å²) in [5, 5.41) is 5.85. The van der Waals surface area contributed by atoms with Gasteiger partial charge in [-0.15, -0.1) is 11.3 Å². The molecule has 0 atom stereocenters. The summed E-state index contributed by atoms with van der Waals surface area (Å²) in [6.07, 6.45) is 0. The van der Waals surface area contributed by atoms with Crippen molar-refractivity contribution >= 4 is 29.2 Å². The van der Waals surface area contributed by atoms with Crippen LogP contribution in [0.4, 0.5) is 5.13 Å². The number of nitrogens with one attached hydrogen (secondary N) is 1. The van der Waals surface area contributed by atoms with Crippen LogP contribution in [0.1, 0.15) is 27.7 Å². The number of nitrogens with zero attached hydrogens (tertiary/aromatic N) is 1. The third-order valence-electron chi connectivity index (χ3n) is 3.23. The first-order valence-corrected chi connectivity index (χ1v) is 6.22. The SMILES string of the molecule is CNc1nc(B2OC(C)(C)C(C)(C)O2)cs1. The van der Waals surface area contributed by atoms with E-state index >= 15 is 0 Å². The minimum absolute atomic E-state index is 0.304. The highest BCUT2D eigenvalue weighted by Gasteiger charge is 2.52. The Morgan fingerprint density at radius 3 is 2.25 bits per heavy atom. The molecule has 88 valence electrons. The van der Waals surface area contributed by atoms with Gasteiger partial charge in [0.05, 0.1) is 16.8 Å². The van der Waals surface area contributed by atoms with Crippen LogP contribution < -0.4 is 10.9 Å². The molecule has 0 radical (unpaired) electrons. The zero-order chi connectivity index (χ0) is 12.0. The van der Waals surface area contributed by atoms with Crippen LogP contribution in [0.5, 0.6) is 0 Å². The van der Waals surface area contributed by atoms with Crippen molar-refractivity contribution in [1.82, 2.24) is 4.98 Å². The molecule has 0 unspecified atom stereocenters. The van der Waals surface area contributed by atoms with Gasteiger partial charge < -0.3 is 14.6 Å².